The van der Waals surface area contributed by atoms with Crippen molar-refractivity contribution >= 4 is 16.9 Å². The van der Waals surface area contributed by atoms with Gasteiger partial charge in [0.2, 0.25) is 0 Å². The minimum absolute atomic E-state index is 0.242. The molecule has 2 N–H and O–H groups in total. The number of nitrogens with zero attached hydrogens (tertiary/aromatic N) is 6. The van der Waals surface area contributed by atoms with Gasteiger partial charge in [0.25, 0.3) is 0 Å². The van der Waals surface area contributed by atoms with Crippen molar-refractivity contribution in [1.29, 1.82) is 5.26 Å². The number of anilines is 1. The van der Waals surface area contributed by atoms with E-state index >= 15 is 0 Å². The highest BCUT2D eigenvalue weighted by Gasteiger charge is 2.17. The van der Waals surface area contributed by atoms with Gasteiger partial charge in [-0.2, -0.15) is 15.2 Å². The normalized spacial score (nSPS) is 14.3. The molecule has 0 saturated carbocycles. The van der Waals surface area contributed by atoms with Crippen molar-refractivity contribution in [3.05, 3.63) is 41.3 Å². The maximum atomic E-state index is 9.62. The third-order valence-corrected chi connectivity index (χ3v) is 5.42. The van der Waals surface area contributed by atoms with Gasteiger partial charge in [-0.25, -0.2) is 0 Å². The second-order valence-electron chi connectivity index (χ2n) is 7.70. The summed E-state index contributed by atoms with van der Waals surface area (Å²) in [7, 11) is 0. The second kappa shape index (κ2) is 9.09. The quantitative estimate of drug-likeness (QED) is 0.574. The molecule has 8 nitrogen and oxygen atoms in total. The van der Waals surface area contributed by atoms with Crippen molar-refractivity contribution in [3.63, 3.8) is 0 Å². The number of hydrogen-bond donors (Lipinski definition) is 1. The Kier molecular flexibility index (Phi) is 6.10. The lowest BCUT2D eigenvalue weighted by Gasteiger charge is -2.14. The van der Waals surface area contributed by atoms with Crippen LogP contribution in [0.5, 0.6) is 6.01 Å². The molecule has 156 valence electrons. The van der Waals surface area contributed by atoms with E-state index in [0.717, 1.165) is 38.2 Å². The first kappa shape index (κ1) is 20.1. The number of aromatic nitrogens is 4. The van der Waals surface area contributed by atoms with Crippen molar-refractivity contribution in [1.82, 2.24) is 24.4 Å². The van der Waals surface area contributed by atoms with E-state index in [4.69, 9.17) is 10.5 Å². The fourth-order valence-electron chi connectivity index (χ4n) is 3.75. The Balaban J connectivity index is 1.58. The molecular formula is C22H27N7O. The minimum atomic E-state index is 0.242. The van der Waals surface area contributed by atoms with E-state index in [1.54, 1.807) is 6.07 Å². The van der Waals surface area contributed by atoms with E-state index in [9.17, 15) is 5.26 Å². The standard InChI is InChI=1S/C22H27N7O/c1-2-3-10-30-22-26-20(24)19-11-18(12-23)29(21(19)27-22)15-17-7-6-16(13-25-17)14-28-8-4-5-9-28/h6-7,11,13H,2-5,8-10,14-15H2,1H3,(H2,24,26,27). The van der Waals surface area contributed by atoms with Crippen molar-refractivity contribution in [2.45, 2.75) is 45.7 Å². The summed E-state index contributed by atoms with van der Waals surface area (Å²) < 4.78 is 7.47. The van der Waals surface area contributed by atoms with E-state index in [-0.39, 0.29) is 6.01 Å². The van der Waals surface area contributed by atoms with Gasteiger partial charge in [0.05, 0.1) is 24.2 Å². The lowest BCUT2D eigenvalue weighted by Crippen LogP contribution is -2.18. The first-order chi connectivity index (χ1) is 14.7. The summed E-state index contributed by atoms with van der Waals surface area (Å²) >= 11 is 0. The van der Waals surface area contributed by atoms with Gasteiger partial charge in [0.1, 0.15) is 17.6 Å². The number of nitriles is 1. The molecule has 3 aromatic rings. The van der Waals surface area contributed by atoms with Gasteiger partial charge < -0.3 is 15.0 Å². The molecule has 0 aromatic carbocycles. The number of ether oxygens (including phenoxy) is 1. The first-order valence-corrected chi connectivity index (χ1v) is 10.5. The molecule has 0 spiro atoms. The molecule has 4 rings (SSSR count). The third kappa shape index (κ3) is 4.36. The fourth-order valence-corrected chi connectivity index (χ4v) is 3.75. The number of fused-ring (bicyclic) bond motifs is 1. The maximum absolute atomic E-state index is 9.62. The van der Waals surface area contributed by atoms with Crippen LogP contribution in [0, 0.1) is 11.3 Å². The van der Waals surface area contributed by atoms with Crippen LogP contribution in [0.1, 0.15) is 49.6 Å². The summed E-state index contributed by atoms with van der Waals surface area (Å²) in [4.78, 5) is 15.8. The van der Waals surface area contributed by atoms with Crippen LogP contribution < -0.4 is 10.5 Å². The Hall–Kier alpha value is -3.18. The Morgan fingerprint density at radius 2 is 2.03 bits per heavy atom. The van der Waals surface area contributed by atoms with E-state index < -0.39 is 0 Å². The van der Waals surface area contributed by atoms with Crippen LogP contribution >= 0.6 is 0 Å². The predicted molar refractivity (Wildman–Crippen MR) is 115 cm³/mol. The van der Waals surface area contributed by atoms with E-state index in [1.807, 2.05) is 16.8 Å². The van der Waals surface area contributed by atoms with Crippen molar-refractivity contribution in [3.8, 4) is 12.1 Å². The lowest BCUT2D eigenvalue weighted by atomic mass is 10.2. The van der Waals surface area contributed by atoms with Gasteiger partial charge in [-0.15, -0.1) is 0 Å². The first-order valence-electron chi connectivity index (χ1n) is 10.5. The average molecular weight is 406 g/mol. The number of hydrogen-bond acceptors (Lipinski definition) is 7. The number of nitrogen functional groups attached to an aromatic ring is 1. The number of nitrogens with two attached hydrogens (primary N) is 1. The number of likely N-dealkylation sites (tertiary alicyclic amines) is 1. The molecule has 0 aliphatic carbocycles. The van der Waals surface area contributed by atoms with Crippen LogP contribution in [-0.2, 0) is 13.1 Å². The highest BCUT2D eigenvalue weighted by atomic mass is 16.5. The Morgan fingerprint density at radius 3 is 2.73 bits per heavy atom. The summed E-state index contributed by atoms with van der Waals surface area (Å²) in [6.07, 6.45) is 6.41. The molecule has 8 heteroatoms. The summed E-state index contributed by atoms with van der Waals surface area (Å²) in [5.74, 6) is 0.315. The molecule has 1 aliphatic heterocycles. The Bertz CT molecular complexity index is 1050. The SMILES string of the molecule is CCCCOc1nc(N)c2cc(C#N)n(Cc3ccc(CN4CCCC4)cn3)c2n1. The van der Waals surface area contributed by atoms with Gasteiger partial charge >= 0.3 is 6.01 Å². The van der Waals surface area contributed by atoms with Gasteiger partial charge in [-0.1, -0.05) is 19.4 Å². The minimum Gasteiger partial charge on any atom is -0.463 e. The molecule has 1 aliphatic rings. The number of pyridine rings is 1. The maximum Gasteiger partial charge on any atom is 0.320 e. The topological polar surface area (TPSA) is 106 Å². The molecule has 0 unspecified atom stereocenters. The smallest absolute Gasteiger partial charge is 0.320 e. The molecule has 0 bridgehead atoms. The van der Waals surface area contributed by atoms with E-state index in [1.165, 1.54) is 18.4 Å². The summed E-state index contributed by atoms with van der Waals surface area (Å²) in [5, 5.41) is 10.3. The van der Waals surface area contributed by atoms with Crippen LogP contribution in [0.25, 0.3) is 11.0 Å². The van der Waals surface area contributed by atoms with Gasteiger partial charge in [0, 0.05) is 12.7 Å². The molecule has 0 amide bonds. The van der Waals surface area contributed by atoms with Crippen molar-refractivity contribution < 1.29 is 4.74 Å². The largest absolute Gasteiger partial charge is 0.463 e. The number of unbranched alkanes of at least 4 members (excludes halogenated alkanes) is 1. The summed E-state index contributed by atoms with van der Waals surface area (Å²) in [5.41, 5.74) is 9.24. The van der Waals surface area contributed by atoms with E-state index in [0.29, 0.717) is 35.7 Å². The average Bonchev–Trinajstić information content (AvgIpc) is 3.38. The van der Waals surface area contributed by atoms with Crippen molar-refractivity contribution in [2.24, 2.45) is 0 Å². The zero-order valence-electron chi connectivity index (χ0n) is 17.3. The van der Waals surface area contributed by atoms with Crippen LogP contribution in [0.3, 0.4) is 0 Å². The zero-order chi connectivity index (χ0) is 20.9. The van der Waals surface area contributed by atoms with Gasteiger partial charge in [0.15, 0.2) is 5.65 Å². The molecule has 0 radical (unpaired) electrons. The highest BCUT2D eigenvalue weighted by Crippen LogP contribution is 2.25. The fraction of sp³-hybridized carbons (Fsp3) is 0.455. The molecule has 1 saturated heterocycles. The second-order valence-corrected chi connectivity index (χ2v) is 7.70. The molecule has 30 heavy (non-hydrogen) atoms. The molecule has 1 fully saturated rings. The Labute approximate surface area is 176 Å². The molecule has 0 atom stereocenters. The van der Waals surface area contributed by atoms with E-state index in [2.05, 4.69) is 38.9 Å². The lowest BCUT2D eigenvalue weighted by molar-refractivity contribution is 0.286. The van der Waals surface area contributed by atoms with Gasteiger partial charge in [-0.3, -0.25) is 9.88 Å². The monoisotopic (exact) mass is 405 g/mol. The van der Waals surface area contributed by atoms with Crippen LogP contribution in [0.2, 0.25) is 0 Å². The predicted octanol–water partition coefficient (Wildman–Crippen LogP) is 3.10. The third-order valence-electron chi connectivity index (χ3n) is 5.42. The molecule has 4 heterocycles. The van der Waals surface area contributed by atoms with Crippen LogP contribution in [0.15, 0.2) is 24.4 Å². The molecule has 3 aromatic heterocycles. The van der Waals surface area contributed by atoms with Gasteiger partial charge in [-0.05, 0) is 50.0 Å². The highest BCUT2D eigenvalue weighted by molar-refractivity contribution is 5.88. The van der Waals surface area contributed by atoms with Crippen molar-refractivity contribution in [2.75, 3.05) is 25.4 Å². The summed E-state index contributed by atoms with van der Waals surface area (Å²) in [6, 6.07) is 8.32. The van der Waals surface area contributed by atoms with Crippen LogP contribution in [-0.4, -0.2) is 44.1 Å². The number of rotatable bonds is 8. The van der Waals surface area contributed by atoms with Crippen LogP contribution in [0.4, 0.5) is 5.82 Å². The zero-order valence-corrected chi connectivity index (χ0v) is 17.3. The Morgan fingerprint density at radius 1 is 1.20 bits per heavy atom. The summed E-state index contributed by atoms with van der Waals surface area (Å²) in [6.45, 7) is 6.31. The molecular weight excluding hydrogens is 378 g/mol.